The molecule has 8 heteroatoms. The molecule has 120 valence electrons. The monoisotopic (exact) mass is 362 g/mol. The van der Waals surface area contributed by atoms with Gasteiger partial charge in [0.2, 0.25) is 5.89 Å². The Labute approximate surface area is 145 Å². The standard InChI is InChI=1S/C14H16Cl2N4O.ClH/c1-20-5-4-17-8-12(20)14-18-13(21-19-14)7-9-2-3-10(15)11(16)6-9;/h2-3,6,12,17H,4-5,7-8H2,1H3;1H. The maximum absolute atomic E-state index is 6.01. The minimum Gasteiger partial charge on any atom is -0.339 e. The molecule has 1 aromatic heterocycles. The van der Waals surface area contributed by atoms with E-state index in [1.807, 2.05) is 12.1 Å². The van der Waals surface area contributed by atoms with Gasteiger partial charge < -0.3 is 9.84 Å². The van der Waals surface area contributed by atoms with Crippen LogP contribution in [0.15, 0.2) is 22.7 Å². The summed E-state index contributed by atoms with van der Waals surface area (Å²) >= 11 is 11.9. The fourth-order valence-corrected chi connectivity index (χ4v) is 2.71. The van der Waals surface area contributed by atoms with Crippen LogP contribution in [0.5, 0.6) is 0 Å². The molecule has 2 aromatic rings. The Morgan fingerprint density at radius 2 is 2.18 bits per heavy atom. The lowest BCUT2D eigenvalue weighted by Crippen LogP contribution is -2.44. The van der Waals surface area contributed by atoms with E-state index in [0.717, 1.165) is 31.0 Å². The van der Waals surface area contributed by atoms with Gasteiger partial charge in [-0.1, -0.05) is 34.4 Å². The van der Waals surface area contributed by atoms with E-state index in [1.165, 1.54) is 0 Å². The first-order valence-corrected chi connectivity index (χ1v) is 7.56. The van der Waals surface area contributed by atoms with E-state index < -0.39 is 0 Å². The zero-order valence-corrected chi connectivity index (χ0v) is 14.4. The van der Waals surface area contributed by atoms with Gasteiger partial charge in [-0.25, -0.2) is 0 Å². The molecule has 0 bridgehead atoms. The maximum Gasteiger partial charge on any atom is 0.231 e. The summed E-state index contributed by atoms with van der Waals surface area (Å²) in [6, 6.07) is 5.66. The largest absolute Gasteiger partial charge is 0.339 e. The molecule has 5 nitrogen and oxygen atoms in total. The summed E-state index contributed by atoms with van der Waals surface area (Å²) in [5, 5.41) is 8.52. The zero-order valence-electron chi connectivity index (χ0n) is 12.1. The van der Waals surface area contributed by atoms with E-state index in [-0.39, 0.29) is 18.4 Å². The predicted octanol–water partition coefficient (Wildman–Crippen LogP) is 2.97. The van der Waals surface area contributed by atoms with Crippen LogP contribution < -0.4 is 5.32 Å². The fraction of sp³-hybridized carbons (Fsp3) is 0.429. The molecular formula is C14H17Cl3N4O. The molecule has 0 aliphatic carbocycles. The molecule has 1 saturated heterocycles. The predicted molar refractivity (Wildman–Crippen MR) is 89.1 cm³/mol. The summed E-state index contributed by atoms with van der Waals surface area (Å²) in [5.41, 5.74) is 0.995. The SMILES string of the molecule is CN1CCNCC1c1noc(Cc2ccc(Cl)c(Cl)c2)n1.Cl. The molecule has 0 radical (unpaired) electrons. The highest BCUT2D eigenvalue weighted by Gasteiger charge is 2.25. The van der Waals surface area contributed by atoms with Crippen molar-refractivity contribution in [1.82, 2.24) is 20.4 Å². The van der Waals surface area contributed by atoms with Gasteiger partial charge >= 0.3 is 0 Å². The second kappa shape index (κ2) is 7.62. The van der Waals surface area contributed by atoms with E-state index in [1.54, 1.807) is 6.07 Å². The Morgan fingerprint density at radius 3 is 2.91 bits per heavy atom. The molecule has 0 amide bonds. The molecule has 1 atom stereocenters. The van der Waals surface area contributed by atoms with Crippen molar-refractivity contribution in [3.05, 3.63) is 45.5 Å². The van der Waals surface area contributed by atoms with Crippen molar-refractivity contribution in [2.24, 2.45) is 0 Å². The number of piperazine rings is 1. The quantitative estimate of drug-likeness (QED) is 0.908. The molecule has 1 aliphatic heterocycles. The van der Waals surface area contributed by atoms with Gasteiger partial charge in [-0.3, -0.25) is 4.90 Å². The minimum atomic E-state index is 0. The molecule has 1 N–H and O–H groups in total. The first kappa shape index (κ1) is 17.5. The van der Waals surface area contributed by atoms with E-state index in [2.05, 4.69) is 27.4 Å². The molecule has 0 spiro atoms. The molecule has 2 heterocycles. The summed E-state index contributed by atoms with van der Waals surface area (Å²) in [4.78, 5) is 6.72. The molecule has 1 fully saturated rings. The number of rotatable bonds is 3. The molecular weight excluding hydrogens is 347 g/mol. The van der Waals surface area contributed by atoms with Gasteiger partial charge in [-0.05, 0) is 24.7 Å². The molecule has 22 heavy (non-hydrogen) atoms. The van der Waals surface area contributed by atoms with E-state index >= 15 is 0 Å². The molecule has 3 rings (SSSR count). The van der Waals surface area contributed by atoms with Crippen LogP contribution in [0.3, 0.4) is 0 Å². The van der Waals surface area contributed by atoms with Gasteiger partial charge in [0.1, 0.15) is 0 Å². The second-order valence-corrected chi connectivity index (χ2v) is 5.99. The highest BCUT2D eigenvalue weighted by molar-refractivity contribution is 6.42. The lowest BCUT2D eigenvalue weighted by atomic mass is 10.1. The van der Waals surface area contributed by atoms with E-state index in [0.29, 0.717) is 22.4 Å². The van der Waals surface area contributed by atoms with Gasteiger partial charge in [-0.15, -0.1) is 12.4 Å². The van der Waals surface area contributed by atoms with Crippen LogP contribution in [-0.2, 0) is 6.42 Å². The summed E-state index contributed by atoms with van der Waals surface area (Å²) in [6.07, 6.45) is 0.549. The van der Waals surface area contributed by atoms with Crippen molar-refractivity contribution in [3.8, 4) is 0 Å². The van der Waals surface area contributed by atoms with Crippen LogP contribution in [-0.4, -0.2) is 41.7 Å². The van der Waals surface area contributed by atoms with Gasteiger partial charge in [0.15, 0.2) is 5.82 Å². The van der Waals surface area contributed by atoms with Crippen LogP contribution >= 0.6 is 35.6 Å². The summed E-state index contributed by atoms with van der Waals surface area (Å²) in [5.74, 6) is 1.31. The van der Waals surface area contributed by atoms with Gasteiger partial charge in [0.05, 0.1) is 22.5 Å². The van der Waals surface area contributed by atoms with Crippen LogP contribution in [0, 0.1) is 0 Å². The lowest BCUT2D eigenvalue weighted by Gasteiger charge is -2.30. The van der Waals surface area contributed by atoms with Gasteiger partial charge in [0.25, 0.3) is 0 Å². The first-order chi connectivity index (χ1) is 10.1. The maximum atomic E-state index is 6.01. The topological polar surface area (TPSA) is 54.2 Å². The Hall–Kier alpha value is -0.850. The van der Waals surface area contributed by atoms with E-state index in [9.17, 15) is 0 Å². The number of halogens is 3. The Kier molecular flexibility index (Phi) is 6.06. The highest BCUT2D eigenvalue weighted by Crippen LogP contribution is 2.24. The average Bonchev–Trinajstić information content (AvgIpc) is 2.92. The third-order valence-electron chi connectivity index (χ3n) is 3.63. The Bertz CT molecular complexity index is 634. The van der Waals surface area contributed by atoms with E-state index in [4.69, 9.17) is 27.7 Å². The van der Waals surface area contributed by atoms with Gasteiger partial charge in [0, 0.05) is 19.6 Å². The summed E-state index contributed by atoms with van der Waals surface area (Å²) in [6.45, 7) is 2.80. The number of hydrogen-bond acceptors (Lipinski definition) is 5. The minimum absolute atomic E-state index is 0. The van der Waals surface area contributed by atoms with Crippen molar-refractivity contribution in [2.45, 2.75) is 12.5 Å². The fourth-order valence-electron chi connectivity index (χ4n) is 2.39. The number of nitrogens with zero attached hydrogens (tertiary/aromatic N) is 3. The summed E-state index contributed by atoms with van der Waals surface area (Å²) < 4.78 is 5.35. The normalized spacial score (nSPS) is 19.0. The van der Waals surface area contributed by atoms with Crippen molar-refractivity contribution >= 4 is 35.6 Å². The van der Waals surface area contributed by atoms with Crippen LogP contribution in [0.2, 0.25) is 10.0 Å². The van der Waals surface area contributed by atoms with Crippen molar-refractivity contribution < 1.29 is 4.52 Å². The third kappa shape index (κ3) is 3.91. The third-order valence-corrected chi connectivity index (χ3v) is 4.37. The smallest absolute Gasteiger partial charge is 0.231 e. The van der Waals surface area contributed by atoms with Crippen molar-refractivity contribution in [2.75, 3.05) is 26.7 Å². The Morgan fingerprint density at radius 1 is 1.36 bits per heavy atom. The van der Waals surface area contributed by atoms with Crippen LogP contribution in [0.4, 0.5) is 0 Å². The lowest BCUT2D eigenvalue weighted by molar-refractivity contribution is 0.190. The van der Waals surface area contributed by atoms with Crippen molar-refractivity contribution in [3.63, 3.8) is 0 Å². The molecule has 1 unspecified atom stereocenters. The average molecular weight is 364 g/mol. The molecule has 1 aliphatic rings. The number of benzene rings is 1. The Balaban J connectivity index is 0.00000176. The molecule has 0 saturated carbocycles. The zero-order chi connectivity index (χ0) is 14.8. The number of aromatic nitrogens is 2. The second-order valence-electron chi connectivity index (χ2n) is 5.17. The van der Waals surface area contributed by atoms with Crippen LogP contribution in [0.25, 0.3) is 0 Å². The first-order valence-electron chi connectivity index (χ1n) is 6.81. The van der Waals surface area contributed by atoms with Crippen LogP contribution in [0.1, 0.15) is 23.3 Å². The van der Waals surface area contributed by atoms with Crippen molar-refractivity contribution in [1.29, 1.82) is 0 Å². The number of likely N-dealkylation sites (N-methyl/N-ethyl adjacent to an activating group) is 1. The number of nitrogens with one attached hydrogen (secondary N) is 1. The summed E-state index contributed by atoms with van der Waals surface area (Å²) in [7, 11) is 2.07. The highest BCUT2D eigenvalue weighted by atomic mass is 35.5. The van der Waals surface area contributed by atoms with Gasteiger partial charge in [-0.2, -0.15) is 4.98 Å². The molecule has 1 aromatic carbocycles. The number of hydrogen-bond donors (Lipinski definition) is 1.